The van der Waals surface area contributed by atoms with E-state index in [0.717, 1.165) is 32.0 Å². The molecule has 0 N–H and O–H groups in total. The SMILES string of the molecule is Cc1cc(OCc2cncc(F)c2)c(CN2CCCC[C@H]2C)cc1C(F)(F)F. The fraction of sp³-hybridized carbons (Fsp3) is 0.476. The number of aryl methyl sites for hydroxylation is 1. The highest BCUT2D eigenvalue weighted by atomic mass is 19.4. The number of alkyl halides is 3. The molecule has 0 amide bonds. The third-order valence-corrected chi connectivity index (χ3v) is 5.18. The quantitative estimate of drug-likeness (QED) is 0.624. The third-order valence-electron chi connectivity index (χ3n) is 5.18. The van der Waals surface area contributed by atoms with Crippen LogP contribution in [0.3, 0.4) is 0 Å². The zero-order chi connectivity index (χ0) is 20.3. The molecule has 2 heterocycles. The van der Waals surface area contributed by atoms with Gasteiger partial charge >= 0.3 is 6.18 Å². The van der Waals surface area contributed by atoms with Gasteiger partial charge in [0.15, 0.2) is 0 Å². The maximum atomic E-state index is 13.4. The average Bonchev–Trinajstić information content (AvgIpc) is 2.62. The first-order chi connectivity index (χ1) is 13.2. The van der Waals surface area contributed by atoms with Gasteiger partial charge in [-0.15, -0.1) is 0 Å². The summed E-state index contributed by atoms with van der Waals surface area (Å²) in [4.78, 5) is 5.96. The van der Waals surface area contributed by atoms with E-state index in [9.17, 15) is 17.6 Å². The number of pyridine rings is 1. The number of aromatic nitrogens is 1. The molecular formula is C21H24F4N2O. The molecule has 1 aromatic carbocycles. The number of halogens is 4. The maximum absolute atomic E-state index is 13.4. The summed E-state index contributed by atoms with van der Waals surface area (Å²) in [5.74, 6) is -0.0837. The lowest BCUT2D eigenvalue weighted by molar-refractivity contribution is -0.138. The number of rotatable bonds is 5. The first-order valence-corrected chi connectivity index (χ1v) is 9.41. The molecule has 152 valence electrons. The number of ether oxygens (including phenoxy) is 1. The van der Waals surface area contributed by atoms with E-state index in [1.165, 1.54) is 31.3 Å². The third kappa shape index (κ3) is 5.01. The Balaban J connectivity index is 1.89. The zero-order valence-electron chi connectivity index (χ0n) is 16.0. The number of likely N-dealkylation sites (tertiary alicyclic amines) is 1. The van der Waals surface area contributed by atoms with Crippen molar-refractivity contribution in [3.05, 3.63) is 58.7 Å². The lowest BCUT2D eigenvalue weighted by Crippen LogP contribution is -2.36. The first kappa shape index (κ1) is 20.6. The van der Waals surface area contributed by atoms with Gasteiger partial charge in [0.1, 0.15) is 18.2 Å². The van der Waals surface area contributed by atoms with Crippen LogP contribution in [0.15, 0.2) is 30.6 Å². The van der Waals surface area contributed by atoms with Gasteiger partial charge in [-0.05, 0) is 57.0 Å². The standard InChI is InChI=1S/C21H24F4N2O/c1-14-7-20(28-13-16-8-18(22)11-26-10-16)17(9-19(14)21(23,24)25)12-27-6-4-3-5-15(27)2/h7-11,15H,3-6,12-13H2,1-2H3/t15-/m1/s1. The monoisotopic (exact) mass is 396 g/mol. The molecule has 3 rings (SSSR count). The summed E-state index contributed by atoms with van der Waals surface area (Å²) < 4.78 is 59.3. The van der Waals surface area contributed by atoms with E-state index in [4.69, 9.17) is 4.74 Å². The second-order valence-corrected chi connectivity index (χ2v) is 7.39. The number of hydrogen-bond donors (Lipinski definition) is 0. The van der Waals surface area contributed by atoms with Gasteiger partial charge in [0, 0.05) is 29.9 Å². The molecule has 0 aliphatic carbocycles. The van der Waals surface area contributed by atoms with Crippen LogP contribution in [0.4, 0.5) is 17.6 Å². The summed E-state index contributed by atoms with van der Waals surface area (Å²) in [6, 6.07) is 4.23. The molecule has 7 heteroatoms. The highest BCUT2D eigenvalue weighted by molar-refractivity contribution is 5.43. The number of piperidine rings is 1. The molecule has 2 aromatic rings. The minimum absolute atomic E-state index is 0.0398. The summed E-state index contributed by atoms with van der Waals surface area (Å²) in [7, 11) is 0. The predicted molar refractivity (Wildman–Crippen MR) is 98.4 cm³/mol. The minimum atomic E-state index is -4.42. The summed E-state index contributed by atoms with van der Waals surface area (Å²) in [5.41, 5.74) is 0.480. The Kier molecular flexibility index (Phi) is 6.23. The zero-order valence-corrected chi connectivity index (χ0v) is 16.0. The fourth-order valence-corrected chi connectivity index (χ4v) is 3.60. The smallest absolute Gasteiger partial charge is 0.416 e. The maximum Gasteiger partial charge on any atom is 0.416 e. The van der Waals surface area contributed by atoms with Crippen LogP contribution in [0.1, 0.15) is 48.4 Å². The Labute approximate surface area is 162 Å². The molecule has 28 heavy (non-hydrogen) atoms. The van der Waals surface area contributed by atoms with Gasteiger partial charge in [-0.3, -0.25) is 9.88 Å². The molecule has 0 bridgehead atoms. The van der Waals surface area contributed by atoms with Crippen LogP contribution in [0, 0.1) is 12.7 Å². The van der Waals surface area contributed by atoms with Gasteiger partial charge < -0.3 is 4.74 Å². The second kappa shape index (κ2) is 8.47. The van der Waals surface area contributed by atoms with Crippen LogP contribution in [0.5, 0.6) is 5.75 Å². The van der Waals surface area contributed by atoms with E-state index in [1.807, 2.05) is 0 Å². The van der Waals surface area contributed by atoms with E-state index >= 15 is 0 Å². The Bertz CT molecular complexity index is 823. The molecule has 1 aliphatic rings. The number of nitrogens with zero attached hydrogens (tertiary/aromatic N) is 2. The van der Waals surface area contributed by atoms with Crippen LogP contribution in [-0.4, -0.2) is 22.5 Å². The normalized spacial score (nSPS) is 18.3. The molecule has 1 atom stereocenters. The number of benzene rings is 1. The van der Waals surface area contributed by atoms with Crippen molar-refractivity contribution in [2.24, 2.45) is 0 Å². The van der Waals surface area contributed by atoms with Crippen molar-refractivity contribution in [3.63, 3.8) is 0 Å². The Morgan fingerprint density at radius 1 is 1.18 bits per heavy atom. The number of hydrogen-bond acceptors (Lipinski definition) is 3. The Hall–Kier alpha value is -2.15. The molecule has 1 aromatic heterocycles. The van der Waals surface area contributed by atoms with Gasteiger partial charge in [-0.1, -0.05) is 6.42 Å². The van der Waals surface area contributed by atoms with Gasteiger partial charge in [0.2, 0.25) is 0 Å². The summed E-state index contributed by atoms with van der Waals surface area (Å²) in [6.07, 6.45) is 1.35. The largest absolute Gasteiger partial charge is 0.489 e. The van der Waals surface area contributed by atoms with Crippen LogP contribution < -0.4 is 4.74 Å². The highest BCUT2D eigenvalue weighted by Crippen LogP contribution is 2.36. The van der Waals surface area contributed by atoms with Crippen molar-refractivity contribution in [1.29, 1.82) is 0 Å². The van der Waals surface area contributed by atoms with Crippen molar-refractivity contribution in [2.75, 3.05) is 6.54 Å². The van der Waals surface area contributed by atoms with E-state index in [-0.39, 0.29) is 12.2 Å². The molecule has 0 spiro atoms. The first-order valence-electron chi connectivity index (χ1n) is 9.41. The van der Waals surface area contributed by atoms with Crippen LogP contribution in [0.25, 0.3) is 0 Å². The van der Waals surface area contributed by atoms with Gasteiger partial charge in [-0.2, -0.15) is 13.2 Å². The minimum Gasteiger partial charge on any atom is -0.489 e. The van der Waals surface area contributed by atoms with Crippen LogP contribution in [-0.2, 0) is 19.3 Å². The summed E-state index contributed by atoms with van der Waals surface area (Å²) in [6.45, 7) is 4.80. The van der Waals surface area contributed by atoms with Gasteiger partial charge in [0.05, 0.1) is 11.8 Å². The highest BCUT2D eigenvalue weighted by Gasteiger charge is 2.34. The van der Waals surface area contributed by atoms with E-state index in [2.05, 4.69) is 16.8 Å². The second-order valence-electron chi connectivity index (χ2n) is 7.39. The van der Waals surface area contributed by atoms with Gasteiger partial charge in [-0.25, -0.2) is 4.39 Å². The van der Waals surface area contributed by atoms with Crippen molar-refractivity contribution in [2.45, 2.75) is 58.5 Å². The van der Waals surface area contributed by atoms with E-state index in [1.54, 1.807) is 0 Å². The molecule has 1 saturated heterocycles. The molecule has 0 unspecified atom stereocenters. The Morgan fingerprint density at radius 2 is 1.96 bits per heavy atom. The van der Waals surface area contributed by atoms with Crippen molar-refractivity contribution in [1.82, 2.24) is 9.88 Å². The van der Waals surface area contributed by atoms with Crippen LogP contribution >= 0.6 is 0 Å². The fourth-order valence-electron chi connectivity index (χ4n) is 3.60. The van der Waals surface area contributed by atoms with Gasteiger partial charge in [0.25, 0.3) is 0 Å². The predicted octanol–water partition coefficient (Wildman–Crippen LogP) is 5.50. The lowest BCUT2D eigenvalue weighted by Gasteiger charge is -2.34. The van der Waals surface area contributed by atoms with Crippen molar-refractivity contribution in [3.8, 4) is 5.75 Å². The molecule has 0 radical (unpaired) electrons. The van der Waals surface area contributed by atoms with E-state index in [0.29, 0.717) is 29.5 Å². The lowest BCUT2D eigenvalue weighted by atomic mass is 9.99. The summed E-state index contributed by atoms with van der Waals surface area (Å²) in [5, 5.41) is 0. The van der Waals surface area contributed by atoms with E-state index < -0.39 is 17.6 Å². The molecule has 1 fully saturated rings. The summed E-state index contributed by atoms with van der Waals surface area (Å²) >= 11 is 0. The van der Waals surface area contributed by atoms with Crippen LogP contribution in [0.2, 0.25) is 0 Å². The molecule has 1 aliphatic heterocycles. The average molecular weight is 396 g/mol. The topological polar surface area (TPSA) is 25.4 Å². The molecular weight excluding hydrogens is 372 g/mol. The Morgan fingerprint density at radius 3 is 2.64 bits per heavy atom. The van der Waals surface area contributed by atoms with Crippen molar-refractivity contribution < 1.29 is 22.3 Å². The van der Waals surface area contributed by atoms with Crippen molar-refractivity contribution >= 4 is 0 Å². The molecule has 0 saturated carbocycles. The molecule has 3 nitrogen and oxygen atoms in total.